The number of nitrogens with zero attached hydrogens (tertiary/aromatic N) is 2. The fourth-order valence-electron chi connectivity index (χ4n) is 3.42. The predicted molar refractivity (Wildman–Crippen MR) is 69.8 cm³/mol. The average Bonchev–Trinajstić information content (AvgIpc) is 2.38. The summed E-state index contributed by atoms with van der Waals surface area (Å²) in [5.74, 6) is 1.83. The van der Waals surface area contributed by atoms with E-state index in [2.05, 4.69) is 22.0 Å². The van der Waals surface area contributed by atoms with Crippen LogP contribution in [-0.4, -0.2) is 18.1 Å². The molecule has 3 rings (SSSR count). The first-order chi connectivity index (χ1) is 8.35. The highest BCUT2D eigenvalue weighted by Gasteiger charge is 2.30. The van der Waals surface area contributed by atoms with Gasteiger partial charge in [-0.05, 0) is 43.2 Å². The number of pyridine rings is 1. The molecule has 1 saturated carbocycles. The van der Waals surface area contributed by atoms with Crippen molar-refractivity contribution in [1.29, 1.82) is 0 Å². The molecular weight excluding hydrogens is 210 g/mol. The van der Waals surface area contributed by atoms with Crippen molar-refractivity contribution in [1.82, 2.24) is 4.98 Å². The number of piperidine rings is 1. The van der Waals surface area contributed by atoms with Crippen LogP contribution < -0.4 is 10.6 Å². The van der Waals surface area contributed by atoms with Gasteiger partial charge in [-0.3, -0.25) is 4.98 Å². The van der Waals surface area contributed by atoms with Gasteiger partial charge >= 0.3 is 0 Å². The molecule has 2 unspecified atom stereocenters. The van der Waals surface area contributed by atoms with Crippen molar-refractivity contribution in [3.8, 4) is 0 Å². The van der Waals surface area contributed by atoms with Crippen LogP contribution in [0.1, 0.15) is 31.4 Å². The summed E-state index contributed by atoms with van der Waals surface area (Å²) in [6.45, 7) is 2.99. The summed E-state index contributed by atoms with van der Waals surface area (Å²) < 4.78 is 0. The van der Waals surface area contributed by atoms with Crippen molar-refractivity contribution in [2.24, 2.45) is 17.6 Å². The van der Waals surface area contributed by atoms with Crippen LogP contribution >= 0.6 is 0 Å². The summed E-state index contributed by atoms with van der Waals surface area (Å²) in [6.07, 6.45) is 7.62. The van der Waals surface area contributed by atoms with Crippen molar-refractivity contribution in [3.05, 3.63) is 24.0 Å². The van der Waals surface area contributed by atoms with Crippen LogP contribution in [0.4, 0.5) is 5.69 Å². The van der Waals surface area contributed by atoms with Crippen LogP contribution in [0.25, 0.3) is 0 Å². The highest BCUT2D eigenvalue weighted by Crippen LogP contribution is 2.36. The molecule has 2 atom stereocenters. The van der Waals surface area contributed by atoms with Gasteiger partial charge in [-0.1, -0.05) is 6.42 Å². The Bertz CT molecular complexity index is 379. The van der Waals surface area contributed by atoms with E-state index in [0.717, 1.165) is 17.5 Å². The average molecular weight is 231 g/mol. The molecule has 2 N–H and O–H groups in total. The SMILES string of the molecule is NCc1cc(N2CC3CCCC(C3)C2)ccn1. The summed E-state index contributed by atoms with van der Waals surface area (Å²) >= 11 is 0. The Balaban J connectivity index is 1.79. The number of anilines is 1. The first kappa shape index (κ1) is 11.0. The van der Waals surface area contributed by atoms with Crippen molar-refractivity contribution in [3.63, 3.8) is 0 Å². The first-order valence-corrected chi connectivity index (χ1v) is 6.75. The van der Waals surface area contributed by atoms with Crippen LogP contribution in [0, 0.1) is 11.8 Å². The molecule has 1 aliphatic heterocycles. The molecule has 0 amide bonds. The van der Waals surface area contributed by atoms with Crippen LogP contribution in [0.2, 0.25) is 0 Å². The van der Waals surface area contributed by atoms with Gasteiger partial charge in [-0.25, -0.2) is 0 Å². The van der Waals surface area contributed by atoms with Gasteiger partial charge in [0.05, 0.1) is 5.69 Å². The lowest BCUT2D eigenvalue weighted by molar-refractivity contribution is 0.231. The molecule has 1 saturated heterocycles. The monoisotopic (exact) mass is 231 g/mol. The lowest BCUT2D eigenvalue weighted by Gasteiger charge is -2.42. The van der Waals surface area contributed by atoms with Gasteiger partial charge in [0.1, 0.15) is 0 Å². The van der Waals surface area contributed by atoms with E-state index in [9.17, 15) is 0 Å². The van der Waals surface area contributed by atoms with Gasteiger partial charge in [-0.15, -0.1) is 0 Å². The second kappa shape index (κ2) is 4.65. The molecule has 92 valence electrons. The molecule has 0 radical (unpaired) electrons. The van der Waals surface area contributed by atoms with E-state index < -0.39 is 0 Å². The van der Waals surface area contributed by atoms with Crippen molar-refractivity contribution in [2.45, 2.75) is 32.2 Å². The van der Waals surface area contributed by atoms with Gasteiger partial charge < -0.3 is 10.6 Å². The maximum Gasteiger partial charge on any atom is 0.0560 e. The minimum Gasteiger partial charge on any atom is -0.371 e. The highest BCUT2D eigenvalue weighted by atomic mass is 15.1. The molecule has 2 bridgehead atoms. The van der Waals surface area contributed by atoms with Crippen LogP contribution in [0.5, 0.6) is 0 Å². The van der Waals surface area contributed by atoms with Gasteiger partial charge in [0.2, 0.25) is 0 Å². The van der Waals surface area contributed by atoms with Crippen LogP contribution in [-0.2, 0) is 6.54 Å². The Morgan fingerprint density at radius 1 is 1.29 bits per heavy atom. The topological polar surface area (TPSA) is 42.1 Å². The summed E-state index contributed by atoms with van der Waals surface area (Å²) in [4.78, 5) is 6.81. The Morgan fingerprint density at radius 2 is 2.06 bits per heavy atom. The smallest absolute Gasteiger partial charge is 0.0560 e. The standard InChI is InChI=1S/C14H21N3/c15-8-13-7-14(4-5-16-13)17-9-11-2-1-3-12(6-11)10-17/h4-5,7,11-12H,1-3,6,8-10,15H2. The molecule has 1 aromatic rings. The zero-order valence-corrected chi connectivity index (χ0v) is 10.3. The number of rotatable bonds is 2. The van der Waals surface area contributed by atoms with Gasteiger partial charge in [0, 0.05) is 31.5 Å². The quantitative estimate of drug-likeness (QED) is 0.848. The second-order valence-corrected chi connectivity index (χ2v) is 5.51. The largest absolute Gasteiger partial charge is 0.371 e. The molecular formula is C14H21N3. The lowest BCUT2D eigenvalue weighted by Crippen LogP contribution is -2.42. The predicted octanol–water partition coefficient (Wildman–Crippen LogP) is 2.17. The van der Waals surface area contributed by atoms with E-state index >= 15 is 0 Å². The van der Waals surface area contributed by atoms with Crippen molar-refractivity contribution in [2.75, 3.05) is 18.0 Å². The molecule has 1 aromatic heterocycles. The Labute approximate surface area is 103 Å². The third kappa shape index (κ3) is 2.29. The normalized spacial score (nSPS) is 28.2. The first-order valence-electron chi connectivity index (χ1n) is 6.75. The maximum absolute atomic E-state index is 5.66. The van der Waals surface area contributed by atoms with Gasteiger partial charge in [0.25, 0.3) is 0 Å². The minimum absolute atomic E-state index is 0.536. The minimum atomic E-state index is 0.536. The molecule has 1 aliphatic carbocycles. The Kier molecular flexibility index (Phi) is 3.02. The molecule has 3 nitrogen and oxygen atoms in total. The molecule has 2 heterocycles. The summed E-state index contributed by atoms with van der Waals surface area (Å²) in [7, 11) is 0. The lowest BCUT2D eigenvalue weighted by atomic mass is 9.78. The van der Waals surface area contributed by atoms with Crippen molar-refractivity contribution < 1.29 is 0 Å². The number of aromatic nitrogens is 1. The van der Waals surface area contributed by atoms with Crippen LogP contribution in [0.15, 0.2) is 18.3 Å². The molecule has 2 aliphatic rings. The number of nitrogens with two attached hydrogens (primary N) is 1. The zero-order chi connectivity index (χ0) is 11.7. The van der Waals surface area contributed by atoms with Gasteiger partial charge in [-0.2, -0.15) is 0 Å². The molecule has 17 heavy (non-hydrogen) atoms. The van der Waals surface area contributed by atoms with E-state index in [0.29, 0.717) is 6.54 Å². The van der Waals surface area contributed by atoms with E-state index in [1.54, 1.807) is 0 Å². The fourth-order valence-corrected chi connectivity index (χ4v) is 3.42. The van der Waals surface area contributed by atoms with Crippen LogP contribution in [0.3, 0.4) is 0 Å². The van der Waals surface area contributed by atoms with E-state index in [1.807, 2.05) is 6.20 Å². The fraction of sp³-hybridized carbons (Fsp3) is 0.643. The molecule has 3 heteroatoms. The number of hydrogen-bond acceptors (Lipinski definition) is 3. The van der Waals surface area contributed by atoms with E-state index in [-0.39, 0.29) is 0 Å². The maximum atomic E-state index is 5.66. The van der Waals surface area contributed by atoms with E-state index in [1.165, 1.54) is 44.5 Å². The Morgan fingerprint density at radius 3 is 2.76 bits per heavy atom. The summed E-state index contributed by atoms with van der Waals surface area (Å²) in [6, 6.07) is 4.28. The summed E-state index contributed by atoms with van der Waals surface area (Å²) in [5, 5.41) is 0. The highest BCUT2D eigenvalue weighted by molar-refractivity contribution is 5.47. The third-order valence-electron chi connectivity index (χ3n) is 4.22. The zero-order valence-electron chi connectivity index (χ0n) is 10.3. The number of fused-ring (bicyclic) bond motifs is 2. The summed E-state index contributed by atoms with van der Waals surface area (Å²) in [5.41, 5.74) is 7.97. The molecule has 0 aromatic carbocycles. The third-order valence-corrected chi connectivity index (χ3v) is 4.22. The van der Waals surface area contributed by atoms with Gasteiger partial charge in [0.15, 0.2) is 0 Å². The van der Waals surface area contributed by atoms with E-state index in [4.69, 9.17) is 5.73 Å². The molecule has 0 spiro atoms. The van der Waals surface area contributed by atoms with Crippen molar-refractivity contribution >= 4 is 5.69 Å². The Hall–Kier alpha value is -1.09. The number of hydrogen-bond donors (Lipinski definition) is 1. The molecule has 2 fully saturated rings. The second-order valence-electron chi connectivity index (χ2n) is 5.51.